The van der Waals surface area contributed by atoms with E-state index in [0.29, 0.717) is 17.8 Å². The summed E-state index contributed by atoms with van der Waals surface area (Å²) in [6.45, 7) is 6.24. The van der Waals surface area contributed by atoms with Gasteiger partial charge in [0.2, 0.25) is 0 Å². The summed E-state index contributed by atoms with van der Waals surface area (Å²) in [6.07, 6.45) is -3.91. The highest BCUT2D eigenvalue weighted by Gasteiger charge is 2.34. The van der Waals surface area contributed by atoms with E-state index in [2.05, 4.69) is 9.97 Å². The van der Waals surface area contributed by atoms with Crippen LogP contribution < -0.4 is 10.6 Å². The molecule has 1 heterocycles. The lowest BCUT2D eigenvalue weighted by molar-refractivity contribution is -0.141. The van der Waals surface area contributed by atoms with Crippen molar-refractivity contribution >= 4 is 11.5 Å². The normalized spacial score (nSPS) is 13.0. The highest BCUT2D eigenvalue weighted by molar-refractivity contribution is 5.61. The van der Waals surface area contributed by atoms with Crippen molar-refractivity contribution in [3.63, 3.8) is 0 Å². The fourth-order valence-electron chi connectivity index (χ4n) is 2.59. The summed E-state index contributed by atoms with van der Waals surface area (Å²) in [5.74, 6) is 0.194. The number of aromatic nitrogens is 2. The molecule has 0 aliphatic carbocycles. The first-order chi connectivity index (χ1) is 12.6. The lowest BCUT2D eigenvalue weighted by Gasteiger charge is -2.26. The minimum atomic E-state index is -4.57. The van der Waals surface area contributed by atoms with Crippen molar-refractivity contribution in [2.24, 2.45) is 0 Å². The van der Waals surface area contributed by atoms with Gasteiger partial charge in [-0.25, -0.2) is 9.97 Å². The fourth-order valence-corrected chi connectivity index (χ4v) is 2.59. The molecule has 0 radical (unpaired) electrons. The van der Waals surface area contributed by atoms with E-state index in [0.717, 1.165) is 12.5 Å². The second kappa shape index (κ2) is 8.56. The Bertz CT molecular complexity index is 748. The van der Waals surface area contributed by atoms with E-state index in [9.17, 15) is 13.2 Å². The van der Waals surface area contributed by atoms with Crippen LogP contribution in [0.2, 0.25) is 0 Å². The molecule has 2 N–H and O–H groups in total. The van der Waals surface area contributed by atoms with Crippen molar-refractivity contribution < 1.29 is 17.9 Å². The van der Waals surface area contributed by atoms with Crippen molar-refractivity contribution in [1.82, 2.24) is 9.97 Å². The number of ether oxygens (including phenoxy) is 1. The first-order valence-electron chi connectivity index (χ1n) is 8.79. The van der Waals surface area contributed by atoms with Crippen molar-refractivity contribution in [1.29, 1.82) is 0 Å². The zero-order valence-corrected chi connectivity index (χ0v) is 15.9. The van der Waals surface area contributed by atoms with Gasteiger partial charge in [0, 0.05) is 30.9 Å². The lowest BCUT2D eigenvalue weighted by Crippen LogP contribution is -2.33. The van der Waals surface area contributed by atoms with E-state index < -0.39 is 11.9 Å². The Balaban J connectivity index is 2.39. The number of benzene rings is 1. The van der Waals surface area contributed by atoms with Crippen LogP contribution in [0.4, 0.5) is 24.7 Å². The molecule has 2 rings (SSSR count). The topological polar surface area (TPSA) is 64.3 Å². The predicted octanol–water partition coefficient (Wildman–Crippen LogP) is 4.38. The SMILES string of the molecule is CCC(CN(C)c1cc(C(F)(F)F)nc(-c2ccc(N)cc2)n1)OC(C)C. The minimum Gasteiger partial charge on any atom is -0.399 e. The largest absolute Gasteiger partial charge is 0.433 e. The molecule has 5 nitrogen and oxygen atoms in total. The molecule has 2 aromatic rings. The zero-order valence-electron chi connectivity index (χ0n) is 15.9. The van der Waals surface area contributed by atoms with Crippen LogP contribution in [0.5, 0.6) is 0 Å². The van der Waals surface area contributed by atoms with Gasteiger partial charge >= 0.3 is 6.18 Å². The third-order valence-corrected chi connectivity index (χ3v) is 3.96. The second-order valence-electron chi connectivity index (χ2n) is 6.65. The van der Waals surface area contributed by atoms with Gasteiger partial charge in [0.1, 0.15) is 5.82 Å². The van der Waals surface area contributed by atoms with E-state index in [1.54, 1.807) is 36.2 Å². The monoisotopic (exact) mass is 382 g/mol. The van der Waals surface area contributed by atoms with Gasteiger partial charge in [-0.05, 0) is 44.5 Å². The van der Waals surface area contributed by atoms with Gasteiger partial charge in [0.25, 0.3) is 0 Å². The van der Waals surface area contributed by atoms with Crippen molar-refractivity contribution in [2.75, 3.05) is 24.2 Å². The van der Waals surface area contributed by atoms with Gasteiger partial charge in [-0.1, -0.05) is 6.92 Å². The molecule has 8 heteroatoms. The molecule has 0 amide bonds. The van der Waals surface area contributed by atoms with Crippen LogP contribution in [-0.4, -0.2) is 35.8 Å². The van der Waals surface area contributed by atoms with E-state index in [1.165, 1.54) is 0 Å². The van der Waals surface area contributed by atoms with Gasteiger partial charge < -0.3 is 15.4 Å². The van der Waals surface area contributed by atoms with E-state index in [-0.39, 0.29) is 23.9 Å². The van der Waals surface area contributed by atoms with Gasteiger partial charge in [-0.15, -0.1) is 0 Å². The highest BCUT2D eigenvalue weighted by Crippen LogP contribution is 2.31. The third kappa shape index (κ3) is 5.82. The van der Waals surface area contributed by atoms with Crippen LogP contribution in [0.15, 0.2) is 30.3 Å². The molecular weight excluding hydrogens is 357 g/mol. The van der Waals surface area contributed by atoms with Crippen LogP contribution in [0, 0.1) is 0 Å². The summed E-state index contributed by atoms with van der Waals surface area (Å²) in [6, 6.07) is 7.37. The number of halogens is 3. The summed E-state index contributed by atoms with van der Waals surface area (Å²) >= 11 is 0. The second-order valence-corrected chi connectivity index (χ2v) is 6.65. The molecule has 0 saturated heterocycles. The van der Waals surface area contributed by atoms with Crippen LogP contribution in [0.3, 0.4) is 0 Å². The molecule has 1 atom stereocenters. The number of rotatable bonds is 7. The number of hydrogen-bond acceptors (Lipinski definition) is 5. The number of nitrogens with zero attached hydrogens (tertiary/aromatic N) is 3. The Morgan fingerprint density at radius 1 is 1.15 bits per heavy atom. The van der Waals surface area contributed by atoms with E-state index in [4.69, 9.17) is 10.5 Å². The number of alkyl halides is 3. The maximum Gasteiger partial charge on any atom is 0.433 e. The molecule has 0 saturated carbocycles. The minimum absolute atomic E-state index is 0.00417. The van der Waals surface area contributed by atoms with Crippen LogP contribution in [0.1, 0.15) is 32.9 Å². The highest BCUT2D eigenvalue weighted by atomic mass is 19.4. The number of nitrogen functional groups attached to an aromatic ring is 1. The molecule has 0 spiro atoms. The summed E-state index contributed by atoms with van der Waals surface area (Å²) < 4.78 is 45.8. The van der Waals surface area contributed by atoms with E-state index in [1.807, 2.05) is 20.8 Å². The summed E-state index contributed by atoms with van der Waals surface area (Å²) in [5.41, 5.74) is 5.65. The maximum atomic E-state index is 13.3. The van der Waals surface area contributed by atoms with Crippen molar-refractivity contribution in [3.05, 3.63) is 36.0 Å². The first kappa shape index (κ1) is 21.0. The van der Waals surface area contributed by atoms with Gasteiger partial charge in [0.15, 0.2) is 11.5 Å². The molecule has 0 bridgehead atoms. The molecule has 0 aliphatic heterocycles. The Labute approximate surface area is 157 Å². The quantitative estimate of drug-likeness (QED) is 0.720. The summed E-state index contributed by atoms with van der Waals surface area (Å²) in [4.78, 5) is 9.69. The number of anilines is 2. The van der Waals surface area contributed by atoms with Crippen LogP contribution in [0.25, 0.3) is 11.4 Å². The smallest absolute Gasteiger partial charge is 0.399 e. The molecule has 1 aromatic heterocycles. The molecule has 27 heavy (non-hydrogen) atoms. The molecule has 0 aliphatic rings. The average molecular weight is 382 g/mol. The zero-order chi connectivity index (χ0) is 20.2. The first-order valence-corrected chi connectivity index (χ1v) is 8.79. The van der Waals surface area contributed by atoms with Gasteiger partial charge in [-0.2, -0.15) is 13.2 Å². The van der Waals surface area contributed by atoms with Crippen molar-refractivity contribution in [3.8, 4) is 11.4 Å². The molecular formula is C19H25F3N4O. The average Bonchev–Trinajstić information content (AvgIpc) is 2.60. The Morgan fingerprint density at radius 2 is 1.78 bits per heavy atom. The van der Waals surface area contributed by atoms with Crippen LogP contribution in [-0.2, 0) is 10.9 Å². The standard InChI is InChI=1S/C19H25F3N4O/c1-5-15(27-12(2)3)11-26(4)17-10-16(19(20,21)22)24-18(25-17)13-6-8-14(23)9-7-13/h6-10,12,15H,5,11,23H2,1-4H3. The Morgan fingerprint density at radius 3 is 2.30 bits per heavy atom. The van der Waals surface area contributed by atoms with Gasteiger partial charge in [-0.3, -0.25) is 0 Å². The van der Waals surface area contributed by atoms with Crippen molar-refractivity contribution in [2.45, 2.75) is 45.6 Å². The number of nitrogens with two attached hydrogens (primary N) is 1. The predicted molar refractivity (Wildman–Crippen MR) is 100 cm³/mol. The fraction of sp³-hybridized carbons (Fsp3) is 0.474. The number of likely N-dealkylation sites (N-methyl/N-ethyl adjacent to an activating group) is 1. The lowest BCUT2D eigenvalue weighted by atomic mass is 10.2. The molecule has 1 unspecified atom stereocenters. The molecule has 148 valence electrons. The Kier molecular flexibility index (Phi) is 6.64. The molecule has 1 aromatic carbocycles. The van der Waals surface area contributed by atoms with E-state index >= 15 is 0 Å². The summed E-state index contributed by atoms with van der Waals surface area (Å²) in [5, 5.41) is 0. The third-order valence-electron chi connectivity index (χ3n) is 3.96. The Hall–Kier alpha value is -2.35. The summed E-state index contributed by atoms with van der Waals surface area (Å²) in [7, 11) is 1.70. The van der Waals surface area contributed by atoms with Gasteiger partial charge in [0.05, 0.1) is 12.2 Å². The van der Waals surface area contributed by atoms with Crippen LogP contribution >= 0.6 is 0 Å². The maximum absolute atomic E-state index is 13.3. The molecule has 0 fully saturated rings. The number of hydrogen-bond donors (Lipinski definition) is 1.